The summed E-state index contributed by atoms with van der Waals surface area (Å²) in [5, 5.41) is 3.31. The summed E-state index contributed by atoms with van der Waals surface area (Å²) < 4.78 is 4.78. The fourth-order valence-corrected chi connectivity index (χ4v) is 1.79. The van der Waals surface area contributed by atoms with Gasteiger partial charge in [-0.25, -0.2) is 4.79 Å². The third kappa shape index (κ3) is 2.71. The number of carbonyl (C=O) groups excluding carboxylic acids is 1. The number of benzene rings is 1. The summed E-state index contributed by atoms with van der Waals surface area (Å²) in [4.78, 5) is 11.0. The Morgan fingerprint density at radius 3 is 2.94 bits per heavy atom. The van der Waals surface area contributed by atoms with Crippen LogP contribution in [0.2, 0.25) is 5.02 Å². The van der Waals surface area contributed by atoms with Crippen molar-refractivity contribution in [1.82, 2.24) is 5.32 Å². The van der Waals surface area contributed by atoms with E-state index in [0.717, 1.165) is 5.56 Å². The number of alkyl carbamates (subject to hydrolysis) is 1. The largest absolute Gasteiger partial charge is 0.449 e. The first-order valence-electron chi connectivity index (χ1n) is 4.65. The molecule has 1 fully saturated rings. The van der Waals surface area contributed by atoms with Crippen LogP contribution in [0.1, 0.15) is 18.0 Å². The van der Waals surface area contributed by atoms with Crippen molar-refractivity contribution in [3.63, 3.8) is 0 Å². The average Bonchev–Trinajstić information content (AvgIpc) is 2.22. The van der Waals surface area contributed by atoms with Crippen LogP contribution in [-0.2, 0) is 4.74 Å². The van der Waals surface area contributed by atoms with Crippen LogP contribution in [0.3, 0.4) is 0 Å². The van der Waals surface area contributed by atoms with Crippen LogP contribution >= 0.6 is 24.0 Å². The standard InChI is InChI=1S/C10H11ClN2O2.ClH/c11-6-1-2-8(12)7(5-6)9-3-4-15-10(14)13-9;/h1-2,5,9H,3-4,12H2,(H,13,14);1H/t9-;/m1./s1. The van der Waals surface area contributed by atoms with Crippen LogP contribution in [-0.4, -0.2) is 12.7 Å². The normalized spacial score (nSPS) is 19.3. The molecule has 0 aromatic heterocycles. The summed E-state index contributed by atoms with van der Waals surface area (Å²) in [5.41, 5.74) is 7.29. The summed E-state index contributed by atoms with van der Waals surface area (Å²) >= 11 is 5.87. The number of ether oxygens (including phenoxy) is 1. The lowest BCUT2D eigenvalue weighted by molar-refractivity contribution is 0.115. The Kier molecular flexibility index (Phi) is 4.26. The van der Waals surface area contributed by atoms with Gasteiger partial charge in [0.05, 0.1) is 12.6 Å². The number of halogens is 2. The van der Waals surface area contributed by atoms with Gasteiger partial charge in [-0.05, 0) is 23.8 Å². The van der Waals surface area contributed by atoms with Crippen molar-refractivity contribution >= 4 is 35.8 Å². The Morgan fingerprint density at radius 2 is 2.25 bits per heavy atom. The van der Waals surface area contributed by atoms with Crippen molar-refractivity contribution in [2.75, 3.05) is 12.3 Å². The first-order chi connectivity index (χ1) is 7.16. The highest BCUT2D eigenvalue weighted by Gasteiger charge is 2.22. The van der Waals surface area contributed by atoms with Gasteiger partial charge in [0.1, 0.15) is 0 Å². The maximum absolute atomic E-state index is 11.0. The van der Waals surface area contributed by atoms with Gasteiger partial charge in [-0.2, -0.15) is 0 Å². The van der Waals surface area contributed by atoms with Crippen LogP contribution in [0, 0.1) is 0 Å². The van der Waals surface area contributed by atoms with Gasteiger partial charge in [0.2, 0.25) is 0 Å². The van der Waals surface area contributed by atoms with Gasteiger partial charge in [-0.1, -0.05) is 11.6 Å². The van der Waals surface area contributed by atoms with E-state index < -0.39 is 6.09 Å². The Labute approximate surface area is 105 Å². The smallest absolute Gasteiger partial charge is 0.407 e. The van der Waals surface area contributed by atoms with E-state index in [2.05, 4.69) is 5.32 Å². The summed E-state index contributed by atoms with van der Waals surface area (Å²) in [6.45, 7) is 0.405. The molecule has 3 N–H and O–H groups in total. The number of nitrogen functional groups attached to an aromatic ring is 1. The number of carbonyl (C=O) groups is 1. The van der Waals surface area contributed by atoms with E-state index in [-0.39, 0.29) is 18.4 Å². The van der Waals surface area contributed by atoms with Crippen LogP contribution in [0.15, 0.2) is 18.2 Å². The number of anilines is 1. The molecule has 16 heavy (non-hydrogen) atoms. The molecule has 1 heterocycles. The lowest BCUT2D eigenvalue weighted by atomic mass is 10.0. The summed E-state index contributed by atoms with van der Waals surface area (Å²) in [6, 6.07) is 5.12. The van der Waals surface area contributed by atoms with E-state index in [9.17, 15) is 4.79 Å². The van der Waals surface area contributed by atoms with E-state index in [1.54, 1.807) is 18.2 Å². The predicted octanol–water partition coefficient (Wildman–Crippen LogP) is 2.51. The third-order valence-corrected chi connectivity index (χ3v) is 2.59. The summed E-state index contributed by atoms with van der Waals surface area (Å²) in [5.74, 6) is 0. The molecule has 4 nitrogen and oxygen atoms in total. The molecule has 1 aromatic carbocycles. The summed E-state index contributed by atoms with van der Waals surface area (Å²) in [7, 11) is 0. The van der Waals surface area contributed by atoms with Gasteiger partial charge >= 0.3 is 6.09 Å². The molecule has 1 saturated heterocycles. The van der Waals surface area contributed by atoms with Gasteiger partial charge in [-0.15, -0.1) is 12.4 Å². The van der Waals surface area contributed by atoms with Crippen LogP contribution < -0.4 is 11.1 Å². The van der Waals surface area contributed by atoms with E-state index in [1.165, 1.54) is 0 Å². The van der Waals surface area contributed by atoms with E-state index >= 15 is 0 Å². The van der Waals surface area contributed by atoms with Crippen molar-refractivity contribution in [3.8, 4) is 0 Å². The summed E-state index contributed by atoms with van der Waals surface area (Å²) in [6.07, 6.45) is 0.293. The molecule has 1 amide bonds. The molecule has 1 aliphatic heterocycles. The number of amides is 1. The lowest BCUT2D eigenvalue weighted by Gasteiger charge is -2.24. The molecule has 1 atom stereocenters. The average molecular weight is 263 g/mol. The third-order valence-electron chi connectivity index (χ3n) is 2.36. The maximum Gasteiger partial charge on any atom is 0.407 e. The molecule has 0 radical (unpaired) electrons. The van der Waals surface area contributed by atoms with E-state index in [1.807, 2.05) is 0 Å². The number of cyclic esters (lactones) is 1. The molecular weight excluding hydrogens is 251 g/mol. The van der Waals surface area contributed by atoms with Crippen molar-refractivity contribution in [2.24, 2.45) is 0 Å². The monoisotopic (exact) mass is 262 g/mol. The molecular formula is C10H12Cl2N2O2. The minimum absolute atomic E-state index is 0. The zero-order valence-corrected chi connectivity index (χ0v) is 9.98. The molecule has 0 aliphatic carbocycles. The second-order valence-corrected chi connectivity index (χ2v) is 3.83. The second-order valence-electron chi connectivity index (χ2n) is 3.39. The van der Waals surface area contributed by atoms with Crippen LogP contribution in [0.5, 0.6) is 0 Å². The fraction of sp³-hybridized carbons (Fsp3) is 0.300. The van der Waals surface area contributed by atoms with Gasteiger partial charge in [0.15, 0.2) is 0 Å². The maximum atomic E-state index is 11.0. The highest BCUT2D eigenvalue weighted by atomic mass is 35.5. The fourth-order valence-electron chi connectivity index (χ4n) is 1.61. The number of hydrogen-bond donors (Lipinski definition) is 2. The Hall–Kier alpha value is -1.13. The molecule has 0 bridgehead atoms. The molecule has 6 heteroatoms. The molecule has 0 unspecified atom stereocenters. The van der Waals surface area contributed by atoms with Crippen molar-refractivity contribution in [1.29, 1.82) is 0 Å². The predicted molar refractivity (Wildman–Crippen MR) is 65.0 cm³/mol. The number of nitrogens with one attached hydrogen (secondary N) is 1. The zero-order chi connectivity index (χ0) is 10.8. The quantitative estimate of drug-likeness (QED) is 0.765. The van der Waals surface area contributed by atoms with Crippen LogP contribution in [0.4, 0.5) is 10.5 Å². The Bertz CT molecular complexity index is 398. The second kappa shape index (κ2) is 5.27. The molecule has 1 aromatic rings. The molecule has 88 valence electrons. The molecule has 0 spiro atoms. The number of rotatable bonds is 1. The minimum atomic E-state index is -0.411. The lowest BCUT2D eigenvalue weighted by Crippen LogP contribution is -2.35. The molecule has 0 saturated carbocycles. The molecule has 1 aliphatic rings. The van der Waals surface area contributed by atoms with Gasteiger partial charge in [0.25, 0.3) is 0 Å². The van der Waals surface area contributed by atoms with Crippen LogP contribution in [0.25, 0.3) is 0 Å². The highest BCUT2D eigenvalue weighted by molar-refractivity contribution is 6.30. The minimum Gasteiger partial charge on any atom is -0.449 e. The SMILES string of the molecule is Cl.Nc1ccc(Cl)cc1[C@H]1CCOC(=O)N1. The Balaban J connectivity index is 0.00000128. The first-order valence-corrected chi connectivity index (χ1v) is 5.03. The molecule has 2 rings (SSSR count). The highest BCUT2D eigenvalue weighted by Crippen LogP contribution is 2.27. The van der Waals surface area contributed by atoms with Crippen molar-refractivity contribution in [3.05, 3.63) is 28.8 Å². The van der Waals surface area contributed by atoms with Gasteiger partial charge in [0, 0.05) is 17.1 Å². The van der Waals surface area contributed by atoms with Crippen molar-refractivity contribution < 1.29 is 9.53 Å². The number of nitrogens with two attached hydrogens (primary N) is 1. The van der Waals surface area contributed by atoms with Gasteiger partial charge < -0.3 is 15.8 Å². The van der Waals surface area contributed by atoms with Crippen molar-refractivity contribution in [2.45, 2.75) is 12.5 Å². The van der Waals surface area contributed by atoms with E-state index in [4.69, 9.17) is 22.1 Å². The van der Waals surface area contributed by atoms with Gasteiger partial charge in [-0.3, -0.25) is 0 Å². The number of hydrogen-bond acceptors (Lipinski definition) is 3. The van der Waals surface area contributed by atoms with E-state index in [0.29, 0.717) is 23.7 Å². The Morgan fingerprint density at radius 1 is 1.50 bits per heavy atom. The first kappa shape index (κ1) is 12.9. The zero-order valence-electron chi connectivity index (χ0n) is 8.40. The topological polar surface area (TPSA) is 64.3 Å².